The van der Waals surface area contributed by atoms with Crippen LogP contribution in [-0.4, -0.2) is 15.7 Å². The minimum absolute atomic E-state index is 0.0928. The van der Waals surface area contributed by atoms with E-state index in [-0.39, 0.29) is 24.6 Å². The molecule has 0 saturated carbocycles. The lowest BCUT2D eigenvalue weighted by molar-refractivity contribution is 0.0954. The van der Waals surface area contributed by atoms with E-state index >= 15 is 0 Å². The van der Waals surface area contributed by atoms with Gasteiger partial charge in [-0.3, -0.25) is 9.59 Å². The maximum absolute atomic E-state index is 12.3. The molecule has 0 bridgehead atoms. The Morgan fingerprint density at radius 3 is 2.74 bits per heavy atom. The van der Waals surface area contributed by atoms with E-state index < -0.39 is 0 Å². The van der Waals surface area contributed by atoms with Crippen molar-refractivity contribution in [3.8, 4) is 12.3 Å². The number of aromatic nitrogens is 2. The maximum atomic E-state index is 12.3. The summed E-state index contributed by atoms with van der Waals surface area (Å²) in [7, 11) is 0. The van der Waals surface area contributed by atoms with Gasteiger partial charge in [-0.2, -0.15) is 5.10 Å². The minimum Gasteiger partial charge on any atom is -0.346 e. The lowest BCUT2D eigenvalue weighted by atomic mass is 10.1. The molecule has 1 amide bonds. The Bertz CT molecular complexity index is 952. The molecule has 1 aromatic carbocycles. The second-order valence-electron chi connectivity index (χ2n) is 4.82. The minimum atomic E-state index is -0.230. The van der Waals surface area contributed by atoms with E-state index in [1.54, 1.807) is 18.2 Å². The van der Waals surface area contributed by atoms with Crippen LogP contribution in [0.15, 0.2) is 46.6 Å². The van der Waals surface area contributed by atoms with Crippen molar-refractivity contribution in [2.24, 2.45) is 0 Å². The second kappa shape index (κ2) is 6.46. The number of hydrogen-bond donors (Lipinski definition) is 1. The number of nitrogens with one attached hydrogen (secondary N) is 1. The van der Waals surface area contributed by atoms with Gasteiger partial charge in [-0.1, -0.05) is 30.2 Å². The van der Waals surface area contributed by atoms with Crippen LogP contribution in [0.4, 0.5) is 0 Å². The quantitative estimate of drug-likeness (QED) is 0.747. The van der Waals surface area contributed by atoms with Crippen molar-refractivity contribution < 1.29 is 4.79 Å². The average molecular weight is 323 g/mol. The normalized spacial score (nSPS) is 10.4. The van der Waals surface area contributed by atoms with Crippen LogP contribution in [0.5, 0.6) is 0 Å². The fourth-order valence-electron chi connectivity index (χ4n) is 2.29. The Morgan fingerprint density at radius 2 is 2.04 bits per heavy atom. The molecule has 0 aliphatic heterocycles. The van der Waals surface area contributed by atoms with Crippen molar-refractivity contribution in [1.29, 1.82) is 0 Å². The summed E-state index contributed by atoms with van der Waals surface area (Å²) in [6.45, 7) is 0.317. The van der Waals surface area contributed by atoms with Crippen LogP contribution in [0, 0.1) is 12.3 Å². The maximum Gasteiger partial charge on any atom is 0.275 e. The van der Waals surface area contributed by atoms with Crippen LogP contribution in [-0.2, 0) is 13.1 Å². The Kier molecular flexibility index (Phi) is 4.22. The van der Waals surface area contributed by atoms with Gasteiger partial charge in [0.1, 0.15) is 6.54 Å². The molecule has 0 aliphatic carbocycles. The van der Waals surface area contributed by atoms with Crippen LogP contribution < -0.4 is 10.9 Å². The molecule has 0 saturated heterocycles. The van der Waals surface area contributed by atoms with Crippen molar-refractivity contribution in [2.45, 2.75) is 13.1 Å². The van der Waals surface area contributed by atoms with E-state index in [9.17, 15) is 9.59 Å². The fraction of sp³-hybridized carbons (Fsp3) is 0.118. The third-order valence-electron chi connectivity index (χ3n) is 3.35. The molecule has 2 aromatic heterocycles. The number of nitrogens with zero attached hydrogens (tertiary/aromatic N) is 2. The lowest BCUT2D eigenvalue weighted by Crippen LogP contribution is -2.28. The zero-order valence-electron chi connectivity index (χ0n) is 12.2. The van der Waals surface area contributed by atoms with Crippen LogP contribution in [0.1, 0.15) is 15.4 Å². The van der Waals surface area contributed by atoms with E-state index in [0.717, 1.165) is 5.39 Å². The summed E-state index contributed by atoms with van der Waals surface area (Å²) in [5.74, 6) is 2.25. The number of amides is 1. The van der Waals surface area contributed by atoms with Gasteiger partial charge in [0.25, 0.3) is 11.5 Å². The van der Waals surface area contributed by atoms with Crippen LogP contribution >= 0.6 is 11.3 Å². The van der Waals surface area contributed by atoms with E-state index in [0.29, 0.717) is 16.0 Å². The highest BCUT2D eigenvalue weighted by Crippen LogP contribution is 2.14. The highest BCUT2D eigenvalue weighted by atomic mass is 32.1. The molecule has 0 radical (unpaired) electrons. The number of rotatable bonds is 4. The summed E-state index contributed by atoms with van der Waals surface area (Å²) in [6, 6.07) is 10.7. The number of carbonyl (C=O) groups is 1. The Hall–Kier alpha value is -2.91. The zero-order valence-corrected chi connectivity index (χ0v) is 13.0. The molecule has 0 fully saturated rings. The number of benzene rings is 1. The van der Waals surface area contributed by atoms with Gasteiger partial charge in [0.05, 0.1) is 22.5 Å². The number of fused-ring (bicyclic) bond motifs is 1. The predicted octanol–water partition coefficient (Wildman–Crippen LogP) is 2.02. The molecular formula is C17H13N3O2S. The lowest BCUT2D eigenvalue weighted by Gasteiger charge is -2.10. The predicted molar refractivity (Wildman–Crippen MR) is 90.3 cm³/mol. The molecule has 0 unspecified atom stereocenters. The van der Waals surface area contributed by atoms with Crippen molar-refractivity contribution in [1.82, 2.24) is 15.1 Å². The zero-order chi connectivity index (χ0) is 16.2. The molecule has 114 valence electrons. The molecule has 3 aromatic rings. The Labute approximate surface area is 136 Å². The van der Waals surface area contributed by atoms with Crippen molar-refractivity contribution in [3.05, 3.63) is 62.7 Å². The molecule has 3 rings (SSSR count). The fourth-order valence-corrected chi connectivity index (χ4v) is 2.93. The average Bonchev–Trinajstić information content (AvgIpc) is 3.11. The Morgan fingerprint density at radius 1 is 1.26 bits per heavy atom. The number of carbonyl (C=O) groups excluding carboxylic acids is 1. The summed E-state index contributed by atoms with van der Waals surface area (Å²) in [5, 5.41) is 10.2. The summed E-state index contributed by atoms with van der Waals surface area (Å²) in [6.07, 6.45) is 5.29. The summed E-state index contributed by atoms with van der Waals surface area (Å²) in [4.78, 5) is 25.0. The van der Waals surface area contributed by atoms with E-state index in [1.165, 1.54) is 16.0 Å². The Balaban J connectivity index is 1.96. The molecule has 1 N–H and O–H groups in total. The second-order valence-corrected chi connectivity index (χ2v) is 5.77. The van der Waals surface area contributed by atoms with Gasteiger partial charge in [0, 0.05) is 5.39 Å². The largest absolute Gasteiger partial charge is 0.346 e. The van der Waals surface area contributed by atoms with Crippen molar-refractivity contribution in [2.75, 3.05) is 0 Å². The van der Waals surface area contributed by atoms with E-state index in [2.05, 4.69) is 16.3 Å². The first-order chi connectivity index (χ1) is 11.2. The van der Waals surface area contributed by atoms with E-state index in [1.807, 2.05) is 23.6 Å². The molecule has 0 atom stereocenters. The smallest absolute Gasteiger partial charge is 0.275 e. The summed E-state index contributed by atoms with van der Waals surface area (Å²) in [5.41, 5.74) is 0.382. The number of terminal acetylenes is 1. The number of hydrogen-bond acceptors (Lipinski definition) is 4. The molecular weight excluding hydrogens is 310 g/mol. The van der Waals surface area contributed by atoms with Gasteiger partial charge < -0.3 is 5.32 Å². The third kappa shape index (κ3) is 3.00. The summed E-state index contributed by atoms with van der Waals surface area (Å²) < 4.78 is 1.25. The highest BCUT2D eigenvalue weighted by Gasteiger charge is 2.12. The van der Waals surface area contributed by atoms with Crippen LogP contribution in [0.2, 0.25) is 0 Å². The highest BCUT2D eigenvalue weighted by molar-refractivity contribution is 7.12. The van der Waals surface area contributed by atoms with Gasteiger partial charge in [0.15, 0.2) is 0 Å². The van der Waals surface area contributed by atoms with Gasteiger partial charge in [0.2, 0.25) is 0 Å². The summed E-state index contributed by atoms with van der Waals surface area (Å²) >= 11 is 1.37. The molecule has 0 aliphatic rings. The van der Waals surface area contributed by atoms with Crippen molar-refractivity contribution in [3.63, 3.8) is 0 Å². The van der Waals surface area contributed by atoms with Gasteiger partial charge in [-0.05, 0) is 17.5 Å². The monoisotopic (exact) mass is 323 g/mol. The van der Waals surface area contributed by atoms with Gasteiger partial charge in [-0.15, -0.1) is 17.8 Å². The van der Waals surface area contributed by atoms with E-state index in [4.69, 9.17) is 6.42 Å². The first-order valence-electron chi connectivity index (χ1n) is 6.94. The van der Waals surface area contributed by atoms with Crippen LogP contribution in [0.3, 0.4) is 0 Å². The number of thiophene rings is 1. The molecule has 23 heavy (non-hydrogen) atoms. The third-order valence-corrected chi connectivity index (χ3v) is 4.22. The molecule has 5 nitrogen and oxygen atoms in total. The molecule has 0 spiro atoms. The molecule has 6 heteroatoms. The molecule has 2 heterocycles. The van der Waals surface area contributed by atoms with Crippen molar-refractivity contribution >= 4 is 28.0 Å². The first-order valence-corrected chi connectivity index (χ1v) is 7.82. The first kappa shape index (κ1) is 15.0. The van der Waals surface area contributed by atoms with Gasteiger partial charge >= 0.3 is 0 Å². The topological polar surface area (TPSA) is 64.0 Å². The standard InChI is InChI=1S/C17H13N3O2S/c1-2-9-20-17(22)13-7-4-3-6-12(13)14(19-20)11-18-16(21)15-8-5-10-23-15/h1,3-8,10H,9,11H2,(H,18,21). The SMILES string of the molecule is C#CCn1nc(CNC(=O)c2cccs2)c2ccccc2c1=O. The van der Waals surface area contributed by atoms with Gasteiger partial charge in [-0.25, -0.2) is 4.68 Å². The van der Waals surface area contributed by atoms with Crippen LogP contribution in [0.25, 0.3) is 10.8 Å².